The summed E-state index contributed by atoms with van der Waals surface area (Å²) in [6.07, 6.45) is 1.78. The van der Waals surface area contributed by atoms with E-state index in [9.17, 15) is 4.79 Å². The number of aromatic amines is 1. The van der Waals surface area contributed by atoms with E-state index in [1.54, 1.807) is 13.1 Å². The molecular weight excluding hydrogens is 222 g/mol. The fourth-order valence-electron chi connectivity index (χ4n) is 2.23. The third-order valence-electron chi connectivity index (χ3n) is 3.17. The molecule has 0 aliphatic rings. The van der Waals surface area contributed by atoms with Crippen molar-refractivity contribution in [2.75, 3.05) is 0 Å². The molecule has 1 heterocycles. The van der Waals surface area contributed by atoms with Gasteiger partial charge in [-0.05, 0) is 24.1 Å². The van der Waals surface area contributed by atoms with E-state index in [-0.39, 0.29) is 5.78 Å². The highest BCUT2D eigenvalue weighted by Crippen LogP contribution is 2.25. The standard InChI is InChI=1S/C16H13NO/c1-11(18)15-10-17-16-9-13(7-8-14(15)16)12-5-3-2-4-6-12/h2-10,17H,1H3. The maximum Gasteiger partial charge on any atom is 0.161 e. The number of ketones is 1. The minimum absolute atomic E-state index is 0.0914. The highest BCUT2D eigenvalue weighted by Gasteiger charge is 2.08. The first-order chi connectivity index (χ1) is 8.75. The number of rotatable bonds is 2. The van der Waals surface area contributed by atoms with Crippen LogP contribution in [-0.2, 0) is 0 Å². The van der Waals surface area contributed by atoms with E-state index in [1.165, 1.54) is 5.56 Å². The van der Waals surface area contributed by atoms with Gasteiger partial charge in [0.1, 0.15) is 0 Å². The predicted molar refractivity (Wildman–Crippen MR) is 73.7 cm³/mol. The summed E-state index contributed by atoms with van der Waals surface area (Å²) in [4.78, 5) is 14.6. The molecule has 2 heteroatoms. The number of H-pyrrole nitrogens is 1. The Morgan fingerprint density at radius 1 is 1.00 bits per heavy atom. The summed E-state index contributed by atoms with van der Waals surface area (Å²) < 4.78 is 0. The molecule has 0 amide bonds. The lowest BCUT2D eigenvalue weighted by Crippen LogP contribution is -1.88. The van der Waals surface area contributed by atoms with E-state index >= 15 is 0 Å². The van der Waals surface area contributed by atoms with E-state index in [2.05, 4.69) is 29.2 Å². The van der Waals surface area contributed by atoms with E-state index in [0.717, 1.165) is 22.0 Å². The largest absolute Gasteiger partial charge is 0.360 e. The van der Waals surface area contributed by atoms with Crippen LogP contribution in [0.15, 0.2) is 54.7 Å². The Morgan fingerprint density at radius 3 is 2.50 bits per heavy atom. The predicted octanol–water partition coefficient (Wildman–Crippen LogP) is 4.04. The van der Waals surface area contributed by atoms with E-state index in [0.29, 0.717) is 0 Å². The zero-order valence-electron chi connectivity index (χ0n) is 10.1. The van der Waals surface area contributed by atoms with E-state index in [1.807, 2.05) is 24.3 Å². The van der Waals surface area contributed by atoms with Gasteiger partial charge in [0.05, 0.1) is 0 Å². The number of hydrogen-bond acceptors (Lipinski definition) is 1. The number of benzene rings is 2. The van der Waals surface area contributed by atoms with Crippen LogP contribution in [-0.4, -0.2) is 10.8 Å². The molecule has 0 saturated carbocycles. The molecule has 2 nitrogen and oxygen atoms in total. The lowest BCUT2D eigenvalue weighted by molar-refractivity contribution is 0.101. The van der Waals surface area contributed by atoms with Gasteiger partial charge < -0.3 is 4.98 Å². The first-order valence-electron chi connectivity index (χ1n) is 5.93. The highest BCUT2D eigenvalue weighted by molar-refractivity contribution is 6.07. The zero-order valence-corrected chi connectivity index (χ0v) is 10.1. The number of aromatic nitrogens is 1. The molecule has 3 rings (SSSR count). The SMILES string of the molecule is CC(=O)c1c[nH]c2cc(-c3ccccc3)ccc12. The van der Waals surface area contributed by atoms with Gasteiger partial charge in [-0.15, -0.1) is 0 Å². The second-order valence-corrected chi connectivity index (χ2v) is 4.38. The van der Waals surface area contributed by atoms with Crippen LogP contribution in [0.1, 0.15) is 17.3 Å². The normalized spacial score (nSPS) is 10.7. The number of hydrogen-bond donors (Lipinski definition) is 1. The van der Waals surface area contributed by atoms with Crippen LogP contribution in [0.25, 0.3) is 22.0 Å². The van der Waals surface area contributed by atoms with Crippen LogP contribution in [0.4, 0.5) is 0 Å². The third kappa shape index (κ3) is 1.72. The Morgan fingerprint density at radius 2 is 1.78 bits per heavy atom. The smallest absolute Gasteiger partial charge is 0.161 e. The second-order valence-electron chi connectivity index (χ2n) is 4.38. The number of nitrogens with one attached hydrogen (secondary N) is 1. The fourth-order valence-corrected chi connectivity index (χ4v) is 2.23. The quantitative estimate of drug-likeness (QED) is 0.668. The molecular formula is C16H13NO. The lowest BCUT2D eigenvalue weighted by atomic mass is 10.0. The van der Waals surface area contributed by atoms with Crippen LogP contribution in [0.3, 0.4) is 0 Å². The molecule has 0 bridgehead atoms. The van der Waals surface area contributed by atoms with Gasteiger partial charge in [-0.25, -0.2) is 0 Å². The Hall–Kier alpha value is -2.35. The van der Waals surface area contributed by atoms with E-state index < -0.39 is 0 Å². The van der Waals surface area contributed by atoms with Gasteiger partial charge in [0.25, 0.3) is 0 Å². The molecule has 0 radical (unpaired) electrons. The van der Waals surface area contributed by atoms with Crippen LogP contribution in [0, 0.1) is 0 Å². The summed E-state index contributed by atoms with van der Waals surface area (Å²) in [5.74, 6) is 0.0914. The average Bonchev–Trinajstić information content (AvgIpc) is 2.82. The van der Waals surface area contributed by atoms with Gasteiger partial charge in [0.15, 0.2) is 5.78 Å². The van der Waals surface area contributed by atoms with E-state index in [4.69, 9.17) is 0 Å². The minimum atomic E-state index is 0.0914. The molecule has 0 unspecified atom stereocenters. The molecule has 2 aromatic carbocycles. The third-order valence-corrected chi connectivity index (χ3v) is 3.17. The monoisotopic (exact) mass is 235 g/mol. The van der Waals surface area contributed by atoms with Crippen LogP contribution in [0.5, 0.6) is 0 Å². The summed E-state index contributed by atoms with van der Waals surface area (Å²) in [5.41, 5.74) is 4.09. The van der Waals surface area contributed by atoms with Crippen molar-refractivity contribution in [3.05, 3.63) is 60.3 Å². The molecule has 0 atom stereocenters. The summed E-state index contributed by atoms with van der Waals surface area (Å²) >= 11 is 0. The van der Waals surface area contributed by atoms with Gasteiger partial charge in [0.2, 0.25) is 0 Å². The molecule has 0 aliphatic heterocycles. The van der Waals surface area contributed by atoms with Crippen molar-refractivity contribution >= 4 is 16.7 Å². The maximum absolute atomic E-state index is 11.5. The molecule has 1 aromatic heterocycles. The van der Waals surface area contributed by atoms with Crippen molar-refractivity contribution in [2.45, 2.75) is 6.92 Å². The summed E-state index contributed by atoms with van der Waals surface area (Å²) in [7, 11) is 0. The van der Waals surface area contributed by atoms with Gasteiger partial charge in [-0.3, -0.25) is 4.79 Å². The van der Waals surface area contributed by atoms with Crippen molar-refractivity contribution in [1.29, 1.82) is 0 Å². The molecule has 18 heavy (non-hydrogen) atoms. The van der Waals surface area contributed by atoms with Crippen molar-refractivity contribution in [1.82, 2.24) is 4.98 Å². The number of fused-ring (bicyclic) bond motifs is 1. The van der Waals surface area contributed by atoms with Crippen molar-refractivity contribution < 1.29 is 4.79 Å². The van der Waals surface area contributed by atoms with Crippen LogP contribution in [0.2, 0.25) is 0 Å². The average molecular weight is 235 g/mol. The maximum atomic E-state index is 11.5. The van der Waals surface area contributed by atoms with Gasteiger partial charge >= 0.3 is 0 Å². The second kappa shape index (κ2) is 4.15. The first-order valence-corrected chi connectivity index (χ1v) is 5.93. The molecule has 1 N–H and O–H groups in total. The molecule has 0 fully saturated rings. The Labute approximate surface area is 105 Å². The fraction of sp³-hybridized carbons (Fsp3) is 0.0625. The summed E-state index contributed by atoms with van der Waals surface area (Å²) in [6.45, 7) is 1.59. The van der Waals surface area contributed by atoms with Gasteiger partial charge in [-0.1, -0.05) is 42.5 Å². The molecule has 0 aliphatic carbocycles. The van der Waals surface area contributed by atoms with Crippen molar-refractivity contribution in [2.24, 2.45) is 0 Å². The minimum Gasteiger partial charge on any atom is -0.360 e. The molecule has 0 saturated heterocycles. The first kappa shape index (κ1) is 10.8. The molecule has 0 spiro atoms. The van der Waals surface area contributed by atoms with Gasteiger partial charge in [-0.2, -0.15) is 0 Å². The summed E-state index contributed by atoms with van der Waals surface area (Å²) in [6, 6.07) is 16.3. The Bertz CT molecular complexity index is 710. The summed E-state index contributed by atoms with van der Waals surface area (Å²) in [5, 5.41) is 0.988. The van der Waals surface area contributed by atoms with Gasteiger partial charge in [0, 0.05) is 22.7 Å². The number of Topliss-reactive ketones (excluding diaryl/α,β-unsaturated/α-hetero) is 1. The zero-order chi connectivity index (χ0) is 12.5. The number of carbonyl (C=O) groups is 1. The Kier molecular flexibility index (Phi) is 2.49. The topological polar surface area (TPSA) is 32.9 Å². The lowest BCUT2D eigenvalue weighted by Gasteiger charge is -2.01. The molecule has 3 aromatic rings. The van der Waals surface area contributed by atoms with Crippen molar-refractivity contribution in [3.8, 4) is 11.1 Å². The molecule has 88 valence electrons. The van der Waals surface area contributed by atoms with Crippen molar-refractivity contribution in [3.63, 3.8) is 0 Å². The van der Waals surface area contributed by atoms with Crippen LogP contribution >= 0.6 is 0 Å². The Balaban J connectivity index is 2.16. The number of carbonyl (C=O) groups excluding carboxylic acids is 1. The van der Waals surface area contributed by atoms with Crippen LogP contribution < -0.4 is 0 Å². The highest BCUT2D eigenvalue weighted by atomic mass is 16.1.